The lowest BCUT2D eigenvalue weighted by atomic mass is 10.2. The number of nitrogens with zero attached hydrogens (tertiary/aromatic N) is 4. The number of thioether (sulfide) groups is 1. The predicted molar refractivity (Wildman–Crippen MR) is 128 cm³/mol. The summed E-state index contributed by atoms with van der Waals surface area (Å²) in [5.41, 5.74) is 4.24. The van der Waals surface area contributed by atoms with Crippen LogP contribution in [0, 0.1) is 0 Å². The zero-order chi connectivity index (χ0) is 23.6. The quantitative estimate of drug-likeness (QED) is 0.260. The Morgan fingerprint density at radius 2 is 1.85 bits per heavy atom. The van der Waals surface area contributed by atoms with Crippen LogP contribution >= 0.6 is 11.8 Å². The Morgan fingerprint density at radius 3 is 2.52 bits per heavy atom. The van der Waals surface area contributed by atoms with Gasteiger partial charge in [0.15, 0.2) is 22.5 Å². The van der Waals surface area contributed by atoms with E-state index >= 15 is 0 Å². The van der Waals surface area contributed by atoms with Crippen LogP contribution in [0.5, 0.6) is 17.2 Å². The van der Waals surface area contributed by atoms with Crippen molar-refractivity contribution in [3.05, 3.63) is 48.0 Å². The summed E-state index contributed by atoms with van der Waals surface area (Å²) in [5.74, 6) is 2.66. The molecule has 1 aromatic heterocycles. The minimum absolute atomic E-state index is 0.157. The average molecular weight is 470 g/mol. The Balaban J connectivity index is 1.60. The Kier molecular flexibility index (Phi) is 8.71. The van der Waals surface area contributed by atoms with E-state index in [1.54, 1.807) is 20.4 Å². The van der Waals surface area contributed by atoms with Gasteiger partial charge in [-0.25, -0.2) is 5.43 Å². The summed E-state index contributed by atoms with van der Waals surface area (Å²) in [5, 5.41) is 13.2. The van der Waals surface area contributed by atoms with Gasteiger partial charge in [-0.05, 0) is 61.9 Å². The van der Waals surface area contributed by atoms with Gasteiger partial charge in [-0.3, -0.25) is 4.79 Å². The van der Waals surface area contributed by atoms with Gasteiger partial charge >= 0.3 is 0 Å². The molecule has 0 saturated carbocycles. The summed E-state index contributed by atoms with van der Waals surface area (Å²) in [4.78, 5) is 12.2. The van der Waals surface area contributed by atoms with Crippen molar-refractivity contribution in [3.63, 3.8) is 0 Å². The van der Waals surface area contributed by atoms with Gasteiger partial charge in [-0.15, -0.1) is 10.2 Å². The number of rotatable bonds is 11. The van der Waals surface area contributed by atoms with E-state index in [1.165, 1.54) is 11.8 Å². The van der Waals surface area contributed by atoms with Gasteiger partial charge in [0.25, 0.3) is 5.91 Å². The Morgan fingerprint density at radius 1 is 1.09 bits per heavy atom. The molecule has 1 amide bonds. The molecule has 174 valence electrons. The first-order valence-corrected chi connectivity index (χ1v) is 11.4. The molecule has 3 aromatic rings. The van der Waals surface area contributed by atoms with Crippen LogP contribution < -0.4 is 19.6 Å². The van der Waals surface area contributed by atoms with Crippen molar-refractivity contribution in [1.82, 2.24) is 20.2 Å². The van der Waals surface area contributed by atoms with Gasteiger partial charge < -0.3 is 18.8 Å². The molecule has 1 heterocycles. The standard InChI is InChI=1S/C23H27N5O4S/c1-5-28-22(17-9-12-19(30-3)20(13-17)31-4)26-27-23(28)33-15-21(29)25-24-14-16-7-10-18(11-8-16)32-6-2/h7-14H,5-6,15H2,1-4H3,(H,25,29)/b24-14-. The van der Waals surface area contributed by atoms with Gasteiger partial charge in [0, 0.05) is 12.1 Å². The highest BCUT2D eigenvalue weighted by molar-refractivity contribution is 7.99. The van der Waals surface area contributed by atoms with Crippen LogP contribution in [0.4, 0.5) is 0 Å². The van der Waals surface area contributed by atoms with Crippen molar-refractivity contribution in [2.45, 2.75) is 25.5 Å². The summed E-state index contributed by atoms with van der Waals surface area (Å²) in [6, 6.07) is 13.0. The maximum Gasteiger partial charge on any atom is 0.250 e. The number of amides is 1. The zero-order valence-electron chi connectivity index (χ0n) is 19.1. The number of hydrogen-bond donors (Lipinski definition) is 1. The van der Waals surface area contributed by atoms with Crippen LogP contribution in [-0.4, -0.2) is 53.5 Å². The van der Waals surface area contributed by atoms with Crippen molar-refractivity contribution in [3.8, 4) is 28.6 Å². The van der Waals surface area contributed by atoms with E-state index in [1.807, 2.05) is 60.9 Å². The Bertz CT molecular complexity index is 1100. The maximum absolute atomic E-state index is 12.2. The van der Waals surface area contributed by atoms with E-state index in [-0.39, 0.29) is 11.7 Å². The second-order valence-corrected chi connectivity index (χ2v) is 7.65. The molecule has 0 aliphatic heterocycles. The van der Waals surface area contributed by atoms with Crippen LogP contribution in [0.15, 0.2) is 52.7 Å². The van der Waals surface area contributed by atoms with Crippen LogP contribution in [-0.2, 0) is 11.3 Å². The molecule has 0 unspecified atom stereocenters. The SMILES string of the molecule is CCOc1ccc(/C=N\NC(=O)CSc2nnc(-c3ccc(OC)c(OC)c3)n2CC)cc1. The molecule has 33 heavy (non-hydrogen) atoms. The largest absolute Gasteiger partial charge is 0.494 e. The number of methoxy groups -OCH3 is 2. The normalized spacial score (nSPS) is 10.9. The molecule has 0 bridgehead atoms. The maximum atomic E-state index is 12.2. The molecule has 0 aliphatic rings. The molecule has 3 rings (SSSR count). The molecule has 0 fully saturated rings. The van der Waals surface area contributed by atoms with Gasteiger partial charge in [0.05, 0.1) is 32.8 Å². The summed E-state index contributed by atoms with van der Waals surface area (Å²) < 4.78 is 18.0. The number of ether oxygens (including phenoxy) is 3. The fourth-order valence-corrected chi connectivity index (χ4v) is 3.82. The number of aromatic nitrogens is 3. The summed E-state index contributed by atoms with van der Waals surface area (Å²) >= 11 is 1.30. The van der Waals surface area contributed by atoms with Gasteiger partial charge in [0.1, 0.15) is 5.75 Å². The van der Waals surface area contributed by atoms with Crippen molar-refractivity contribution < 1.29 is 19.0 Å². The smallest absolute Gasteiger partial charge is 0.250 e. The highest BCUT2D eigenvalue weighted by Gasteiger charge is 2.16. The van der Waals surface area contributed by atoms with Crippen molar-refractivity contribution >= 4 is 23.9 Å². The van der Waals surface area contributed by atoms with Crippen molar-refractivity contribution in [1.29, 1.82) is 0 Å². The van der Waals surface area contributed by atoms with E-state index < -0.39 is 0 Å². The number of hydrazone groups is 1. The van der Waals surface area contributed by atoms with Crippen molar-refractivity contribution in [2.24, 2.45) is 5.10 Å². The van der Waals surface area contributed by atoms with Crippen LogP contribution in [0.2, 0.25) is 0 Å². The average Bonchev–Trinajstić information content (AvgIpc) is 3.26. The molecule has 0 atom stereocenters. The van der Waals surface area contributed by atoms with Crippen LogP contribution in [0.25, 0.3) is 11.4 Å². The molecule has 1 N–H and O–H groups in total. The molecular formula is C23H27N5O4S. The van der Waals surface area contributed by atoms with E-state index in [4.69, 9.17) is 14.2 Å². The lowest BCUT2D eigenvalue weighted by Crippen LogP contribution is -2.20. The predicted octanol–water partition coefficient (Wildman–Crippen LogP) is 3.62. The highest BCUT2D eigenvalue weighted by Crippen LogP contribution is 2.32. The minimum atomic E-state index is -0.236. The minimum Gasteiger partial charge on any atom is -0.494 e. The Labute approximate surface area is 197 Å². The first-order chi connectivity index (χ1) is 16.1. The number of nitrogens with one attached hydrogen (secondary N) is 1. The zero-order valence-corrected chi connectivity index (χ0v) is 19.9. The van der Waals surface area contributed by atoms with E-state index in [0.29, 0.717) is 35.6 Å². The van der Waals surface area contributed by atoms with Gasteiger partial charge in [-0.1, -0.05) is 11.8 Å². The van der Waals surface area contributed by atoms with E-state index in [0.717, 1.165) is 16.9 Å². The molecular weight excluding hydrogens is 442 g/mol. The molecule has 10 heteroatoms. The van der Waals surface area contributed by atoms with Gasteiger partial charge in [-0.2, -0.15) is 5.10 Å². The second-order valence-electron chi connectivity index (χ2n) is 6.70. The lowest BCUT2D eigenvalue weighted by Gasteiger charge is -2.10. The van der Waals surface area contributed by atoms with Crippen molar-refractivity contribution in [2.75, 3.05) is 26.6 Å². The molecule has 0 radical (unpaired) electrons. The summed E-state index contributed by atoms with van der Waals surface area (Å²) in [7, 11) is 3.18. The summed E-state index contributed by atoms with van der Waals surface area (Å²) in [6.07, 6.45) is 1.59. The van der Waals surface area contributed by atoms with E-state index in [9.17, 15) is 4.79 Å². The number of carbonyl (C=O) groups excluding carboxylic acids is 1. The highest BCUT2D eigenvalue weighted by atomic mass is 32.2. The lowest BCUT2D eigenvalue weighted by molar-refractivity contribution is -0.118. The second kappa shape index (κ2) is 11.9. The third-order valence-corrected chi connectivity index (χ3v) is 5.57. The molecule has 0 spiro atoms. The van der Waals surface area contributed by atoms with Gasteiger partial charge in [0.2, 0.25) is 0 Å². The monoisotopic (exact) mass is 469 g/mol. The van der Waals surface area contributed by atoms with E-state index in [2.05, 4.69) is 20.7 Å². The topological polar surface area (TPSA) is 99.9 Å². The molecule has 0 saturated heterocycles. The van der Waals surface area contributed by atoms with Crippen LogP contribution in [0.3, 0.4) is 0 Å². The number of hydrogen-bond acceptors (Lipinski definition) is 8. The van der Waals surface area contributed by atoms with Crippen LogP contribution in [0.1, 0.15) is 19.4 Å². The number of carbonyl (C=O) groups is 1. The fraction of sp³-hybridized carbons (Fsp3) is 0.304. The third-order valence-electron chi connectivity index (χ3n) is 4.60. The summed E-state index contributed by atoms with van der Waals surface area (Å²) in [6.45, 7) is 5.20. The molecule has 0 aliphatic carbocycles. The first kappa shape index (κ1) is 24.1. The Hall–Kier alpha value is -3.53. The first-order valence-electron chi connectivity index (χ1n) is 10.4. The molecule has 2 aromatic carbocycles. The fourth-order valence-electron chi connectivity index (χ4n) is 3.03. The molecule has 9 nitrogen and oxygen atoms in total. The third kappa shape index (κ3) is 6.26. The number of benzene rings is 2.